The van der Waals surface area contributed by atoms with E-state index in [1.54, 1.807) is 0 Å². The van der Waals surface area contributed by atoms with Crippen molar-refractivity contribution in [3.8, 4) is 0 Å². The molecule has 0 aromatic heterocycles. The van der Waals surface area contributed by atoms with Crippen LogP contribution in [0.1, 0.15) is 26.2 Å². The summed E-state index contributed by atoms with van der Waals surface area (Å²) < 4.78 is 0. The molecule has 0 saturated heterocycles. The molecule has 1 rings (SSSR count). The molecule has 0 amide bonds. The SMILES string of the molecule is CCCNC(=NC)C1=CCCC=C1. The van der Waals surface area contributed by atoms with Crippen LogP contribution in [0.4, 0.5) is 0 Å². The molecule has 13 heavy (non-hydrogen) atoms. The molecule has 0 fully saturated rings. The Balaban J connectivity index is 2.56. The van der Waals surface area contributed by atoms with Gasteiger partial charge >= 0.3 is 0 Å². The molecule has 1 aliphatic rings. The maximum Gasteiger partial charge on any atom is 0.127 e. The fourth-order valence-electron chi connectivity index (χ4n) is 1.34. The van der Waals surface area contributed by atoms with Gasteiger partial charge in [0.15, 0.2) is 0 Å². The third-order valence-electron chi connectivity index (χ3n) is 2.03. The average molecular weight is 178 g/mol. The Hall–Kier alpha value is -1.05. The summed E-state index contributed by atoms with van der Waals surface area (Å²) in [5.74, 6) is 1.03. The summed E-state index contributed by atoms with van der Waals surface area (Å²) in [6.45, 7) is 3.16. The molecule has 0 unspecified atom stereocenters. The quantitative estimate of drug-likeness (QED) is 0.520. The fraction of sp³-hybridized carbons (Fsp3) is 0.545. The van der Waals surface area contributed by atoms with E-state index in [9.17, 15) is 0 Å². The van der Waals surface area contributed by atoms with Crippen LogP contribution in [0.5, 0.6) is 0 Å². The maximum absolute atomic E-state index is 4.24. The third kappa shape index (κ3) is 3.05. The highest BCUT2D eigenvalue weighted by atomic mass is 15.0. The second kappa shape index (κ2) is 5.57. The number of nitrogens with one attached hydrogen (secondary N) is 1. The molecule has 0 saturated carbocycles. The van der Waals surface area contributed by atoms with Gasteiger partial charge < -0.3 is 5.32 Å². The number of hydrogen-bond acceptors (Lipinski definition) is 1. The molecule has 1 N–H and O–H groups in total. The zero-order valence-corrected chi connectivity index (χ0v) is 8.51. The molecule has 0 radical (unpaired) electrons. The van der Waals surface area contributed by atoms with Crippen LogP contribution in [0.3, 0.4) is 0 Å². The van der Waals surface area contributed by atoms with Crippen molar-refractivity contribution in [2.45, 2.75) is 26.2 Å². The monoisotopic (exact) mass is 178 g/mol. The smallest absolute Gasteiger partial charge is 0.127 e. The third-order valence-corrected chi connectivity index (χ3v) is 2.03. The van der Waals surface area contributed by atoms with E-state index in [0.717, 1.165) is 31.6 Å². The zero-order chi connectivity index (χ0) is 9.52. The summed E-state index contributed by atoms with van der Waals surface area (Å²) in [4.78, 5) is 4.24. The molecule has 0 aromatic carbocycles. The lowest BCUT2D eigenvalue weighted by atomic mass is 10.1. The molecule has 0 bridgehead atoms. The molecule has 2 nitrogen and oxygen atoms in total. The van der Waals surface area contributed by atoms with Gasteiger partial charge in [-0.15, -0.1) is 0 Å². The standard InChI is InChI=1S/C11H18N2/c1-3-9-13-11(12-2)10-7-5-4-6-8-10/h5,7-8H,3-4,6,9H2,1-2H3,(H,12,13). The van der Waals surface area contributed by atoms with E-state index in [-0.39, 0.29) is 0 Å². The Kier molecular flexibility index (Phi) is 4.30. The first-order valence-corrected chi connectivity index (χ1v) is 4.96. The van der Waals surface area contributed by atoms with Crippen molar-refractivity contribution in [3.05, 3.63) is 23.8 Å². The number of allylic oxidation sites excluding steroid dienone is 2. The summed E-state index contributed by atoms with van der Waals surface area (Å²) in [5, 5.41) is 3.32. The summed E-state index contributed by atoms with van der Waals surface area (Å²) >= 11 is 0. The van der Waals surface area contributed by atoms with Gasteiger partial charge in [-0.05, 0) is 19.3 Å². The van der Waals surface area contributed by atoms with Crippen molar-refractivity contribution >= 4 is 5.84 Å². The summed E-state index contributed by atoms with van der Waals surface area (Å²) in [5.41, 5.74) is 1.24. The van der Waals surface area contributed by atoms with E-state index in [4.69, 9.17) is 0 Å². The lowest BCUT2D eigenvalue weighted by Crippen LogP contribution is -2.25. The van der Waals surface area contributed by atoms with Gasteiger partial charge in [-0.3, -0.25) is 4.99 Å². The van der Waals surface area contributed by atoms with Gasteiger partial charge in [0.25, 0.3) is 0 Å². The lowest BCUT2D eigenvalue weighted by Gasteiger charge is -2.11. The Morgan fingerprint density at radius 1 is 1.54 bits per heavy atom. The minimum Gasteiger partial charge on any atom is -0.370 e. The van der Waals surface area contributed by atoms with Gasteiger partial charge in [-0.2, -0.15) is 0 Å². The molecule has 0 spiro atoms. The molecule has 0 aliphatic heterocycles. The summed E-state index contributed by atoms with van der Waals surface area (Å²) in [6, 6.07) is 0. The van der Waals surface area contributed by atoms with Gasteiger partial charge in [0, 0.05) is 19.2 Å². The lowest BCUT2D eigenvalue weighted by molar-refractivity contribution is 0.837. The van der Waals surface area contributed by atoms with Crippen molar-refractivity contribution in [2.24, 2.45) is 4.99 Å². The van der Waals surface area contributed by atoms with Crippen molar-refractivity contribution in [2.75, 3.05) is 13.6 Å². The number of hydrogen-bond donors (Lipinski definition) is 1. The predicted molar refractivity (Wildman–Crippen MR) is 58.1 cm³/mol. The van der Waals surface area contributed by atoms with Gasteiger partial charge in [0.1, 0.15) is 5.84 Å². The van der Waals surface area contributed by atoms with Crippen LogP contribution in [0.15, 0.2) is 28.8 Å². The van der Waals surface area contributed by atoms with Crippen LogP contribution in [-0.2, 0) is 0 Å². The van der Waals surface area contributed by atoms with E-state index in [2.05, 4.69) is 35.5 Å². The topological polar surface area (TPSA) is 24.4 Å². The Morgan fingerprint density at radius 2 is 2.38 bits per heavy atom. The van der Waals surface area contributed by atoms with Crippen molar-refractivity contribution in [1.29, 1.82) is 0 Å². The molecule has 0 heterocycles. The van der Waals surface area contributed by atoms with Gasteiger partial charge in [0.05, 0.1) is 0 Å². The highest BCUT2D eigenvalue weighted by Gasteiger charge is 2.03. The van der Waals surface area contributed by atoms with Crippen molar-refractivity contribution < 1.29 is 0 Å². The van der Waals surface area contributed by atoms with Crippen LogP contribution in [-0.4, -0.2) is 19.4 Å². The molecule has 72 valence electrons. The number of aliphatic imine (C=N–C) groups is 1. The van der Waals surface area contributed by atoms with Gasteiger partial charge in [-0.25, -0.2) is 0 Å². The minimum absolute atomic E-state index is 0.998. The number of rotatable bonds is 3. The number of amidine groups is 1. The Labute approximate surface area is 80.4 Å². The fourth-order valence-corrected chi connectivity index (χ4v) is 1.34. The molecule has 0 atom stereocenters. The maximum atomic E-state index is 4.24. The van der Waals surface area contributed by atoms with Crippen LogP contribution >= 0.6 is 0 Å². The highest BCUT2D eigenvalue weighted by Crippen LogP contribution is 2.10. The van der Waals surface area contributed by atoms with Crippen LogP contribution in [0.25, 0.3) is 0 Å². The zero-order valence-electron chi connectivity index (χ0n) is 8.51. The molecular weight excluding hydrogens is 160 g/mol. The van der Waals surface area contributed by atoms with Crippen LogP contribution < -0.4 is 5.32 Å². The Bertz CT molecular complexity index is 236. The van der Waals surface area contributed by atoms with Crippen molar-refractivity contribution in [3.63, 3.8) is 0 Å². The van der Waals surface area contributed by atoms with E-state index < -0.39 is 0 Å². The first-order valence-electron chi connectivity index (χ1n) is 4.96. The first-order chi connectivity index (χ1) is 6.38. The van der Waals surface area contributed by atoms with E-state index in [0.29, 0.717) is 0 Å². The first kappa shape index (κ1) is 10.0. The largest absolute Gasteiger partial charge is 0.370 e. The highest BCUT2D eigenvalue weighted by molar-refractivity contribution is 6.00. The molecule has 1 aliphatic carbocycles. The van der Waals surface area contributed by atoms with E-state index in [1.165, 1.54) is 5.57 Å². The second-order valence-electron chi connectivity index (χ2n) is 3.14. The Morgan fingerprint density at radius 3 is 2.92 bits per heavy atom. The predicted octanol–water partition coefficient (Wildman–Crippen LogP) is 2.29. The van der Waals surface area contributed by atoms with E-state index >= 15 is 0 Å². The normalized spacial score (nSPS) is 17.1. The summed E-state index contributed by atoms with van der Waals surface area (Å²) in [7, 11) is 1.83. The molecular formula is C11H18N2. The van der Waals surface area contributed by atoms with Crippen LogP contribution in [0.2, 0.25) is 0 Å². The second-order valence-corrected chi connectivity index (χ2v) is 3.14. The number of nitrogens with zero attached hydrogens (tertiary/aromatic N) is 1. The molecule has 2 heteroatoms. The van der Waals surface area contributed by atoms with Gasteiger partial charge in [-0.1, -0.05) is 25.2 Å². The molecule has 0 aromatic rings. The minimum atomic E-state index is 0.998. The van der Waals surface area contributed by atoms with Gasteiger partial charge in [0.2, 0.25) is 0 Å². The van der Waals surface area contributed by atoms with E-state index in [1.807, 2.05) is 7.05 Å². The summed E-state index contributed by atoms with van der Waals surface area (Å²) in [6.07, 6.45) is 10.0. The van der Waals surface area contributed by atoms with Crippen LogP contribution in [0, 0.1) is 0 Å². The van der Waals surface area contributed by atoms with Crippen molar-refractivity contribution in [1.82, 2.24) is 5.32 Å². The average Bonchev–Trinajstić information content (AvgIpc) is 2.21.